The SMILES string of the molecule is CC(C)CCC[C@H](C)NC(=O)c1ccccc1N1C(=O)[C@@H]2Cc3c([nH]c4ccccc34)[C@H](c3ccccc3)N2C1=O. The Morgan fingerprint density at radius 2 is 1.63 bits per heavy atom. The van der Waals surface area contributed by atoms with Crippen LogP contribution in [0.5, 0.6) is 0 Å². The predicted octanol–water partition coefficient (Wildman–Crippen LogP) is 6.60. The first-order valence-electron chi connectivity index (χ1n) is 14.6. The molecule has 3 heterocycles. The van der Waals surface area contributed by atoms with Gasteiger partial charge in [-0.25, -0.2) is 9.69 Å². The fourth-order valence-electron chi connectivity index (χ4n) is 6.34. The molecule has 7 nitrogen and oxygen atoms in total. The van der Waals surface area contributed by atoms with Crippen molar-refractivity contribution >= 4 is 34.4 Å². The Labute approximate surface area is 240 Å². The Bertz CT molecular complexity index is 1610. The highest BCUT2D eigenvalue weighted by atomic mass is 16.2. The lowest BCUT2D eigenvalue weighted by atomic mass is 9.89. The van der Waals surface area contributed by atoms with Gasteiger partial charge in [-0.1, -0.05) is 87.4 Å². The zero-order chi connectivity index (χ0) is 28.7. The molecule has 2 aliphatic rings. The van der Waals surface area contributed by atoms with E-state index >= 15 is 0 Å². The van der Waals surface area contributed by atoms with E-state index in [0.717, 1.165) is 47.0 Å². The summed E-state index contributed by atoms with van der Waals surface area (Å²) >= 11 is 0. The number of imide groups is 1. The normalized spacial score (nSPS) is 19.0. The molecule has 7 heteroatoms. The molecule has 1 fully saturated rings. The largest absolute Gasteiger partial charge is 0.356 e. The van der Waals surface area contributed by atoms with Crippen LogP contribution in [0.3, 0.4) is 0 Å². The van der Waals surface area contributed by atoms with Crippen molar-refractivity contribution in [1.29, 1.82) is 0 Å². The molecule has 210 valence electrons. The minimum Gasteiger partial charge on any atom is -0.356 e. The van der Waals surface area contributed by atoms with Crippen molar-refractivity contribution in [1.82, 2.24) is 15.2 Å². The zero-order valence-electron chi connectivity index (χ0n) is 23.8. The summed E-state index contributed by atoms with van der Waals surface area (Å²) < 4.78 is 0. The number of para-hydroxylation sites is 2. The lowest BCUT2D eigenvalue weighted by molar-refractivity contribution is -0.120. The number of H-pyrrole nitrogens is 1. The number of rotatable bonds is 8. The van der Waals surface area contributed by atoms with Crippen LogP contribution < -0.4 is 10.2 Å². The number of carbonyl (C=O) groups is 3. The molecule has 0 aliphatic carbocycles. The number of amides is 4. The van der Waals surface area contributed by atoms with Crippen molar-refractivity contribution in [2.75, 3.05) is 4.90 Å². The second-order valence-electron chi connectivity index (χ2n) is 11.7. The molecule has 0 radical (unpaired) electrons. The van der Waals surface area contributed by atoms with Crippen LogP contribution in [0.15, 0.2) is 78.9 Å². The summed E-state index contributed by atoms with van der Waals surface area (Å²) in [5.74, 6) is 0.0274. The number of anilines is 1. The number of aromatic nitrogens is 1. The van der Waals surface area contributed by atoms with E-state index in [1.165, 1.54) is 4.90 Å². The molecule has 0 spiro atoms. The monoisotopic (exact) mass is 548 g/mol. The van der Waals surface area contributed by atoms with E-state index in [1.54, 1.807) is 29.2 Å². The van der Waals surface area contributed by atoms with Gasteiger partial charge in [0.1, 0.15) is 12.1 Å². The molecule has 3 aromatic carbocycles. The number of aromatic amines is 1. The van der Waals surface area contributed by atoms with E-state index in [9.17, 15) is 14.4 Å². The summed E-state index contributed by atoms with van der Waals surface area (Å²) in [5, 5.41) is 4.15. The molecule has 2 N–H and O–H groups in total. The van der Waals surface area contributed by atoms with E-state index in [4.69, 9.17) is 0 Å². The van der Waals surface area contributed by atoms with Crippen LogP contribution in [0.2, 0.25) is 0 Å². The Balaban J connectivity index is 1.35. The number of benzene rings is 3. The summed E-state index contributed by atoms with van der Waals surface area (Å²) in [6.45, 7) is 6.38. The third kappa shape index (κ3) is 4.79. The lowest BCUT2D eigenvalue weighted by Crippen LogP contribution is -2.44. The number of fused-ring (bicyclic) bond motifs is 4. The molecule has 6 rings (SSSR count). The lowest BCUT2D eigenvalue weighted by Gasteiger charge is -2.36. The fourth-order valence-corrected chi connectivity index (χ4v) is 6.34. The molecule has 1 saturated heterocycles. The standard InChI is InChI=1S/C34H36N4O3/c1-21(2)12-11-13-22(3)35-32(39)25-17-8-10-19-28(25)38-33(40)29-20-26-24-16-7-9-18-27(24)36-30(26)31(37(29)34(38)41)23-14-5-4-6-15-23/h4-10,14-19,21-22,29,31,36H,11-13,20H2,1-3H3,(H,35,39)/t22-,29-,31-/m0/s1. The topological polar surface area (TPSA) is 85.5 Å². The Morgan fingerprint density at radius 1 is 0.927 bits per heavy atom. The molecular weight excluding hydrogens is 512 g/mol. The molecular formula is C34H36N4O3. The van der Waals surface area contributed by atoms with Crippen LogP contribution in [0.1, 0.15) is 73.3 Å². The summed E-state index contributed by atoms with van der Waals surface area (Å²) in [4.78, 5) is 48.3. The number of hydrogen-bond donors (Lipinski definition) is 2. The fraction of sp³-hybridized carbons (Fsp3) is 0.324. The molecule has 41 heavy (non-hydrogen) atoms. The van der Waals surface area contributed by atoms with E-state index in [0.29, 0.717) is 23.6 Å². The highest BCUT2D eigenvalue weighted by molar-refractivity contribution is 6.24. The first-order valence-corrected chi connectivity index (χ1v) is 14.6. The second kappa shape index (κ2) is 10.9. The molecule has 4 amide bonds. The van der Waals surface area contributed by atoms with Crippen LogP contribution in [-0.2, 0) is 11.2 Å². The number of urea groups is 1. The van der Waals surface area contributed by atoms with Gasteiger partial charge in [-0.2, -0.15) is 0 Å². The van der Waals surface area contributed by atoms with E-state index in [-0.39, 0.29) is 17.9 Å². The number of hydrogen-bond acceptors (Lipinski definition) is 3. The molecule has 0 saturated carbocycles. The maximum absolute atomic E-state index is 14.2. The van der Waals surface area contributed by atoms with Gasteiger partial charge in [-0.3, -0.25) is 14.5 Å². The first kappa shape index (κ1) is 26.8. The molecule has 4 aromatic rings. The highest BCUT2D eigenvalue weighted by Gasteiger charge is 2.53. The van der Waals surface area contributed by atoms with Gasteiger partial charge in [-0.15, -0.1) is 0 Å². The molecule has 2 aliphatic heterocycles. The predicted molar refractivity (Wildman–Crippen MR) is 161 cm³/mol. The first-order chi connectivity index (χ1) is 19.8. The van der Waals surface area contributed by atoms with Crippen molar-refractivity contribution in [2.24, 2.45) is 5.92 Å². The van der Waals surface area contributed by atoms with Crippen molar-refractivity contribution in [2.45, 2.75) is 64.6 Å². The van der Waals surface area contributed by atoms with E-state index in [1.807, 2.05) is 55.5 Å². The van der Waals surface area contributed by atoms with Crippen LogP contribution >= 0.6 is 0 Å². The van der Waals surface area contributed by atoms with E-state index < -0.39 is 18.1 Å². The summed E-state index contributed by atoms with van der Waals surface area (Å²) in [6.07, 6.45) is 3.40. The molecule has 1 aromatic heterocycles. The molecule has 0 bridgehead atoms. The van der Waals surface area contributed by atoms with Gasteiger partial charge >= 0.3 is 6.03 Å². The Morgan fingerprint density at radius 3 is 2.41 bits per heavy atom. The quantitative estimate of drug-likeness (QED) is 0.244. The van der Waals surface area contributed by atoms with Gasteiger partial charge in [-0.05, 0) is 48.6 Å². The Kier molecular flexibility index (Phi) is 7.12. The second-order valence-corrected chi connectivity index (χ2v) is 11.7. The number of carbonyl (C=O) groups excluding carboxylic acids is 3. The maximum atomic E-state index is 14.2. The van der Waals surface area contributed by atoms with Gasteiger partial charge < -0.3 is 10.3 Å². The minimum atomic E-state index is -0.675. The zero-order valence-corrected chi connectivity index (χ0v) is 23.8. The van der Waals surface area contributed by atoms with Gasteiger partial charge in [0, 0.05) is 29.1 Å². The van der Waals surface area contributed by atoms with Crippen molar-refractivity contribution in [3.8, 4) is 0 Å². The van der Waals surface area contributed by atoms with E-state index in [2.05, 4.69) is 30.2 Å². The third-order valence-corrected chi connectivity index (χ3v) is 8.35. The summed E-state index contributed by atoms with van der Waals surface area (Å²) in [5.41, 5.74) is 4.54. The summed E-state index contributed by atoms with van der Waals surface area (Å²) in [6, 6.07) is 23.2. The highest BCUT2D eigenvalue weighted by Crippen LogP contribution is 2.45. The van der Waals surface area contributed by atoms with Gasteiger partial charge in [0.15, 0.2) is 0 Å². The van der Waals surface area contributed by atoms with Crippen LogP contribution in [0.25, 0.3) is 10.9 Å². The molecule has 0 unspecified atom stereocenters. The summed E-state index contributed by atoms with van der Waals surface area (Å²) in [7, 11) is 0. The average molecular weight is 549 g/mol. The Hall–Kier alpha value is -4.39. The van der Waals surface area contributed by atoms with Crippen molar-refractivity contribution in [3.05, 3.63) is 101 Å². The third-order valence-electron chi connectivity index (χ3n) is 8.35. The van der Waals surface area contributed by atoms with Gasteiger partial charge in [0.2, 0.25) is 0 Å². The van der Waals surface area contributed by atoms with Crippen molar-refractivity contribution in [3.63, 3.8) is 0 Å². The van der Waals surface area contributed by atoms with Gasteiger partial charge in [0.05, 0.1) is 11.3 Å². The number of nitrogens with zero attached hydrogens (tertiary/aromatic N) is 2. The maximum Gasteiger partial charge on any atom is 0.332 e. The minimum absolute atomic E-state index is 0.0219. The number of nitrogens with one attached hydrogen (secondary N) is 2. The van der Waals surface area contributed by atoms with Crippen molar-refractivity contribution < 1.29 is 14.4 Å². The average Bonchev–Trinajstić information content (AvgIpc) is 3.46. The van der Waals surface area contributed by atoms with Crippen LogP contribution in [0, 0.1) is 5.92 Å². The smallest absolute Gasteiger partial charge is 0.332 e. The van der Waals surface area contributed by atoms with Crippen LogP contribution in [-0.4, -0.2) is 39.8 Å². The van der Waals surface area contributed by atoms with Crippen LogP contribution in [0.4, 0.5) is 10.5 Å². The van der Waals surface area contributed by atoms with Gasteiger partial charge in [0.25, 0.3) is 11.8 Å². The molecule has 3 atom stereocenters.